The molecule has 1 heterocycles. The molecular weight excluding hydrogens is 391 g/mol. The number of hydrogen-bond donors (Lipinski definition) is 0. The first-order valence-electron chi connectivity index (χ1n) is 8.53. The first-order valence-corrected chi connectivity index (χ1v) is 8.53. The minimum atomic E-state index is -4.70. The normalized spacial score (nSPS) is 14.1. The molecule has 0 unspecified atom stereocenters. The summed E-state index contributed by atoms with van der Waals surface area (Å²) in [4.78, 5) is 25.7. The van der Waals surface area contributed by atoms with E-state index in [1.165, 1.54) is 30.5 Å². The number of hydrogen-bond acceptors (Lipinski definition) is 6. The quantitative estimate of drug-likeness (QED) is 0.683. The first kappa shape index (κ1) is 22.1. The summed E-state index contributed by atoms with van der Waals surface area (Å²) >= 11 is 0. The monoisotopic (exact) mass is 411 g/mol. The molecular formula is C20H20F3NO5. The summed E-state index contributed by atoms with van der Waals surface area (Å²) in [5.74, 6) is -2.10. The molecule has 0 aliphatic carbocycles. The van der Waals surface area contributed by atoms with E-state index in [1.807, 2.05) is 0 Å². The Labute approximate surface area is 165 Å². The Balaban J connectivity index is 2.69. The molecule has 6 nitrogen and oxygen atoms in total. The van der Waals surface area contributed by atoms with Gasteiger partial charge >= 0.3 is 18.1 Å². The number of alkyl halides is 3. The molecule has 0 fully saturated rings. The molecule has 0 saturated heterocycles. The zero-order valence-corrected chi connectivity index (χ0v) is 16.2. The molecule has 0 spiro atoms. The Kier molecular flexibility index (Phi) is 6.73. The predicted molar refractivity (Wildman–Crippen MR) is 99.0 cm³/mol. The van der Waals surface area contributed by atoms with Crippen molar-refractivity contribution in [2.24, 2.45) is 0 Å². The maximum Gasteiger partial charge on any atom is 0.420 e. The van der Waals surface area contributed by atoms with Gasteiger partial charge in [-0.05, 0) is 44.2 Å². The fourth-order valence-corrected chi connectivity index (χ4v) is 2.61. The molecule has 0 saturated carbocycles. The lowest BCUT2D eigenvalue weighted by Gasteiger charge is -2.25. The summed E-state index contributed by atoms with van der Waals surface area (Å²) in [5.41, 5.74) is -1.48. The number of carbonyl (C=O) groups excluding carboxylic acids is 2. The first-order chi connectivity index (χ1) is 13.6. The molecule has 0 amide bonds. The number of halogens is 3. The molecule has 0 radical (unpaired) electrons. The van der Waals surface area contributed by atoms with Gasteiger partial charge in [0, 0.05) is 11.9 Å². The van der Waals surface area contributed by atoms with Gasteiger partial charge in [-0.1, -0.05) is 6.08 Å². The maximum atomic E-state index is 13.6. The van der Waals surface area contributed by atoms with Crippen LogP contribution in [0, 0.1) is 0 Å². The topological polar surface area (TPSA) is 65.1 Å². The summed E-state index contributed by atoms with van der Waals surface area (Å²) in [6.45, 7) is 3.22. The molecule has 0 atom stereocenters. The second-order valence-electron chi connectivity index (χ2n) is 6.16. The van der Waals surface area contributed by atoms with Crippen LogP contribution >= 0.6 is 0 Å². The minimum Gasteiger partial charge on any atom is -0.490 e. The number of rotatable bonds is 5. The van der Waals surface area contributed by atoms with Crippen LogP contribution in [0.25, 0.3) is 0 Å². The zero-order chi connectivity index (χ0) is 21.8. The van der Waals surface area contributed by atoms with Crippen molar-refractivity contribution in [3.63, 3.8) is 0 Å². The molecule has 0 N–H and O–H groups in total. The Morgan fingerprint density at radius 1 is 1.03 bits per heavy atom. The van der Waals surface area contributed by atoms with Crippen molar-refractivity contribution in [3.8, 4) is 5.75 Å². The van der Waals surface area contributed by atoms with Crippen LogP contribution in [0.2, 0.25) is 0 Å². The van der Waals surface area contributed by atoms with Gasteiger partial charge in [0.2, 0.25) is 0 Å². The number of ether oxygens (including phenoxy) is 3. The van der Waals surface area contributed by atoms with Crippen LogP contribution < -0.4 is 9.64 Å². The summed E-state index contributed by atoms with van der Waals surface area (Å²) in [6.07, 6.45) is 0.405. The average molecular weight is 411 g/mol. The number of methoxy groups -OCH3 is 2. The van der Waals surface area contributed by atoms with E-state index in [-0.39, 0.29) is 22.7 Å². The highest BCUT2D eigenvalue weighted by Gasteiger charge is 2.36. The summed E-state index contributed by atoms with van der Waals surface area (Å²) < 4.78 is 55.5. The van der Waals surface area contributed by atoms with Crippen LogP contribution in [0.4, 0.5) is 18.9 Å². The minimum absolute atomic E-state index is 0.0183. The van der Waals surface area contributed by atoms with Gasteiger partial charge in [0.25, 0.3) is 0 Å². The third-order valence-electron chi connectivity index (χ3n) is 3.80. The molecule has 2 rings (SSSR count). The number of carbonyl (C=O) groups is 2. The summed E-state index contributed by atoms with van der Waals surface area (Å²) in [7, 11) is 2.22. The number of esters is 2. The van der Waals surface area contributed by atoms with E-state index < -0.39 is 29.8 Å². The van der Waals surface area contributed by atoms with Crippen LogP contribution in [-0.2, 0) is 25.2 Å². The summed E-state index contributed by atoms with van der Waals surface area (Å²) in [5, 5.41) is 0. The van der Waals surface area contributed by atoms with E-state index in [4.69, 9.17) is 9.47 Å². The van der Waals surface area contributed by atoms with E-state index in [9.17, 15) is 22.8 Å². The fraction of sp³-hybridized carbons (Fsp3) is 0.300. The van der Waals surface area contributed by atoms with E-state index in [0.29, 0.717) is 0 Å². The molecule has 1 aromatic rings. The third-order valence-corrected chi connectivity index (χ3v) is 3.80. The van der Waals surface area contributed by atoms with E-state index in [1.54, 1.807) is 13.8 Å². The van der Waals surface area contributed by atoms with Crippen LogP contribution in [0.3, 0.4) is 0 Å². The highest BCUT2D eigenvalue weighted by atomic mass is 19.4. The molecule has 156 valence electrons. The molecule has 29 heavy (non-hydrogen) atoms. The van der Waals surface area contributed by atoms with E-state index in [2.05, 4.69) is 4.74 Å². The molecule has 1 aliphatic rings. The van der Waals surface area contributed by atoms with Gasteiger partial charge in [-0.3, -0.25) is 0 Å². The van der Waals surface area contributed by atoms with Crippen molar-refractivity contribution in [2.45, 2.75) is 26.1 Å². The molecule has 0 bridgehead atoms. The SMILES string of the molecule is COC(=O)C1=C(C(=O)OC)N(c2ccc(OC(C)C)c(C(F)(F)F)c2)C=CC=C1. The van der Waals surface area contributed by atoms with Crippen molar-refractivity contribution in [1.82, 2.24) is 0 Å². The second-order valence-corrected chi connectivity index (χ2v) is 6.16. The van der Waals surface area contributed by atoms with E-state index >= 15 is 0 Å². The van der Waals surface area contributed by atoms with Crippen molar-refractivity contribution < 1.29 is 37.0 Å². The van der Waals surface area contributed by atoms with Crippen LogP contribution in [-0.4, -0.2) is 32.3 Å². The van der Waals surface area contributed by atoms with Crippen molar-refractivity contribution in [3.05, 3.63) is 59.5 Å². The molecule has 0 aromatic heterocycles. The van der Waals surface area contributed by atoms with Crippen molar-refractivity contribution in [2.75, 3.05) is 19.1 Å². The van der Waals surface area contributed by atoms with Crippen LogP contribution in [0.5, 0.6) is 5.75 Å². The third kappa shape index (κ3) is 4.98. The lowest BCUT2D eigenvalue weighted by atomic mass is 10.1. The highest BCUT2D eigenvalue weighted by Crippen LogP contribution is 2.40. The van der Waals surface area contributed by atoms with Crippen molar-refractivity contribution in [1.29, 1.82) is 0 Å². The van der Waals surface area contributed by atoms with Gasteiger partial charge in [-0.15, -0.1) is 0 Å². The van der Waals surface area contributed by atoms with Gasteiger partial charge in [-0.2, -0.15) is 13.2 Å². The summed E-state index contributed by atoms with van der Waals surface area (Å²) in [6, 6.07) is 3.35. The van der Waals surface area contributed by atoms with Gasteiger partial charge in [0.05, 0.1) is 31.5 Å². The molecule has 1 aliphatic heterocycles. The smallest absolute Gasteiger partial charge is 0.420 e. The van der Waals surface area contributed by atoms with Gasteiger partial charge in [0.1, 0.15) is 11.4 Å². The second kappa shape index (κ2) is 8.85. The van der Waals surface area contributed by atoms with Gasteiger partial charge in [-0.25, -0.2) is 9.59 Å². The standard InChI is InChI=1S/C20H20F3NO5/c1-12(2)29-16-9-8-13(11-15(16)20(21,22)23)24-10-6-5-7-14(18(25)27-3)17(24)19(26)28-4/h5-12H,1-4H3. The number of benzene rings is 1. The number of nitrogens with zero attached hydrogens (tertiary/aromatic N) is 1. The van der Waals surface area contributed by atoms with Crippen LogP contribution in [0.15, 0.2) is 53.9 Å². The largest absolute Gasteiger partial charge is 0.490 e. The number of allylic oxidation sites excluding steroid dienone is 2. The van der Waals surface area contributed by atoms with Crippen LogP contribution in [0.1, 0.15) is 19.4 Å². The Morgan fingerprint density at radius 3 is 2.24 bits per heavy atom. The molecule has 1 aromatic carbocycles. The highest BCUT2D eigenvalue weighted by molar-refractivity contribution is 6.05. The Morgan fingerprint density at radius 2 is 1.69 bits per heavy atom. The van der Waals surface area contributed by atoms with Crippen molar-refractivity contribution >= 4 is 17.6 Å². The van der Waals surface area contributed by atoms with E-state index in [0.717, 1.165) is 31.3 Å². The number of anilines is 1. The predicted octanol–water partition coefficient (Wildman–Crippen LogP) is 3.98. The maximum absolute atomic E-state index is 13.6. The van der Waals surface area contributed by atoms with Gasteiger partial charge in [0.15, 0.2) is 0 Å². The Bertz CT molecular complexity index is 885. The Hall–Kier alpha value is -3.23. The fourth-order valence-electron chi connectivity index (χ4n) is 2.61. The van der Waals surface area contributed by atoms with Gasteiger partial charge < -0.3 is 19.1 Å². The lowest BCUT2D eigenvalue weighted by Crippen LogP contribution is -2.27. The molecule has 9 heteroatoms. The zero-order valence-electron chi connectivity index (χ0n) is 16.2. The lowest BCUT2D eigenvalue weighted by molar-refractivity contribution is -0.139. The average Bonchev–Trinajstić information content (AvgIpc) is 2.88.